The number of piperazine rings is 1. The lowest BCUT2D eigenvalue weighted by atomic mass is 9.40. The highest BCUT2D eigenvalue weighted by Gasteiger charge is 2.63. The summed E-state index contributed by atoms with van der Waals surface area (Å²) < 4.78 is 5.38. The Balaban J connectivity index is 1.27. The summed E-state index contributed by atoms with van der Waals surface area (Å²) in [7, 11) is 1.63. The van der Waals surface area contributed by atoms with Crippen molar-refractivity contribution in [3.05, 3.63) is 29.3 Å². The number of benzene rings is 1. The zero-order valence-electron chi connectivity index (χ0n) is 19.5. The third kappa shape index (κ3) is 3.44. The highest BCUT2D eigenvalue weighted by Crippen LogP contribution is 2.69. The average molecular weight is 425 g/mol. The summed E-state index contributed by atoms with van der Waals surface area (Å²) in [4.78, 5) is 30.8. The lowest BCUT2D eigenvalue weighted by Gasteiger charge is -2.65. The summed E-state index contributed by atoms with van der Waals surface area (Å²) in [5.74, 6) is 1.86. The van der Waals surface area contributed by atoms with E-state index < -0.39 is 0 Å². The number of amides is 2. The van der Waals surface area contributed by atoms with Gasteiger partial charge in [0.25, 0.3) is 5.91 Å². The summed E-state index contributed by atoms with van der Waals surface area (Å²) in [6.45, 7) is 9.32. The lowest BCUT2D eigenvalue weighted by molar-refractivity contribution is -0.180. The first kappa shape index (κ1) is 20.8. The first-order chi connectivity index (χ1) is 14.6. The van der Waals surface area contributed by atoms with Gasteiger partial charge in [-0.25, -0.2) is 0 Å². The van der Waals surface area contributed by atoms with Crippen LogP contribution in [0.25, 0.3) is 0 Å². The Hall–Kier alpha value is -2.04. The SMILES string of the molecule is COc1cc(C(=O)N2CCN(C(=O)C34CC5CC(C)(CC(C)(C5)C3)C4)CC2)ccc1C. The van der Waals surface area contributed by atoms with Crippen LogP contribution in [0.5, 0.6) is 5.75 Å². The van der Waals surface area contributed by atoms with Crippen molar-refractivity contribution < 1.29 is 14.3 Å². The maximum absolute atomic E-state index is 13.8. The predicted molar refractivity (Wildman–Crippen MR) is 120 cm³/mol. The molecule has 168 valence electrons. The van der Waals surface area contributed by atoms with Crippen molar-refractivity contribution in [2.45, 2.75) is 59.3 Å². The number of ether oxygens (including phenoxy) is 1. The number of hydrogen-bond acceptors (Lipinski definition) is 3. The van der Waals surface area contributed by atoms with Gasteiger partial charge in [-0.15, -0.1) is 0 Å². The monoisotopic (exact) mass is 424 g/mol. The highest BCUT2D eigenvalue weighted by molar-refractivity contribution is 5.95. The molecule has 5 nitrogen and oxygen atoms in total. The Bertz CT molecular complexity index is 899. The van der Waals surface area contributed by atoms with Crippen LogP contribution in [0, 0.1) is 29.1 Å². The van der Waals surface area contributed by atoms with Crippen LogP contribution in [-0.4, -0.2) is 54.9 Å². The van der Waals surface area contributed by atoms with Gasteiger partial charge in [0.1, 0.15) is 5.75 Å². The molecule has 4 aliphatic carbocycles. The van der Waals surface area contributed by atoms with Crippen molar-refractivity contribution in [3.8, 4) is 5.75 Å². The molecule has 31 heavy (non-hydrogen) atoms. The second kappa shape index (κ2) is 6.98. The van der Waals surface area contributed by atoms with Gasteiger partial charge in [-0.1, -0.05) is 19.9 Å². The molecular weight excluding hydrogens is 388 g/mol. The maximum atomic E-state index is 13.8. The van der Waals surface area contributed by atoms with Gasteiger partial charge in [-0.3, -0.25) is 9.59 Å². The number of aryl methyl sites for hydroxylation is 1. The summed E-state index contributed by atoms with van der Waals surface area (Å²) >= 11 is 0. The summed E-state index contributed by atoms with van der Waals surface area (Å²) in [5.41, 5.74) is 2.20. The second-order valence-electron chi connectivity index (χ2n) is 11.7. The van der Waals surface area contributed by atoms with Gasteiger partial charge in [-0.05, 0) is 79.9 Å². The molecule has 0 aromatic heterocycles. The van der Waals surface area contributed by atoms with E-state index in [0.717, 1.165) is 36.5 Å². The molecule has 1 saturated heterocycles. The van der Waals surface area contributed by atoms with Crippen molar-refractivity contribution in [1.82, 2.24) is 9.80 Å². The van der Waals surface area contributed by atoms with Gasteiger partial charge in [-0.2, -0.15) is 0 Å². The van der Waals surface area contributed by atoms with Gasteiger partial charge in [0.05, 0.1) is 12.5 Å². The standard InChI is InChI=1S/C26H36N2O3/c1-18-5-6-20(11-21(18)31-4)22(29)27-7-9-28(10-8-27)23(30)26-14-19-12-24(2,16-26)15-25(3,13-19)17-26/h5-6,11,19H,7-10,12-17H2,1-4H3. The van der Waals surface area contributed by atoms with E-state index >= 15 is 0 Å². The van der Waals surface area contributed by atoms with Crippen molar-refractivity contribution in [2.24, 2.45) is 22.2 Å². The van der Waals surface area contributed by atoms with E-state index in [1.807, 2.05) is 30.0 Å². The van der Waals surface area contributed by atoms with E-state index in [2.05, 4.69) is 18.7 Å². The minimum Gasteiger partial charge on any atom is -0.496 e. The van der Waals surface area contributed by atoms with Gasteiger partial charge in [0, 0.05) is 31.7 Å². The molecule has 1 aromatic carbocycles. The van der Waals surface area contributed by atoms with E-state index in [1.54, 1.807) is 7.11 Å². The van der Waals surface area contributed by atoms with Crippen LogP contribution in [0.15, 0.2) is 18.2 Å². The molecule has 6 rings (SSSR count). The number of carbonyl (C=O) groups is 2. The van der Waals surface area contributed by atoms with Crippen LogP contribution >= 0.6 is 0 Å². The Morgan fingerprint density at radius 3 is 2.13 bits per heavy atom. The summed E-state index contributed by atoms with van der Waals surface area (Å²) in [5, 5.41) is 0. The third-order valence-corrected chi connectivity index (χ3v) is 8.59. The van der Waals surface area contributed by atoms with E-state index in [1.165, 1.54) is 19.3 Å². The fourth-order valence-electron chi connectivity index (χ4n) is 8.27. The largest absolute Gasteiger partial charge is 0.496 e. The number of methoxy groups -OCH3 is 1. The predicted octanol–water partition coefficient (Wildman–Crippen LogP) is 4.28. The quantitative estimate of drug-likeness (QED) is 0.728. The maximum Gasteiger partial charge on any atom is 0.254 e. The molecule has 0 radical (unpaired) electrons. The minimum absolute atomic E-state index is 0.0280. The number of carbonyl (C=O) groups excluding carboxylic acids is 2. The smallest absolute Gasteiger partial charge is 0.254 e. The summed E-state index contributed by atoms with van der Waals surface area (Å²) in [6.07, 6.45) is 7.10. The van der Waals surface area contributed by atoms with Crippen molar-refractivity contribution in [2.75, 3.05) is 33.3 Å². The summed E-state index contributed by atoms with van der Waals surface area (Å²) in [6, 6.07) is 5.63. The fraction of sp³-hybridized carbons (Fsp3) is 0.692. The Labute approximate surface area is 186 Å². The fourth-order valence-corrected chi connectivity index (χ4v) is 8.27. The van der Waals surface area contributed by atoms with Crippen molar-refractivity contribution >= 4 is 11.8 Å². The van der Waals surface area contributed by atoms with Gasteiger partial charge >= 0.3 is 0 Å². The molecule has 5 heteroatoms. The van der Waals surface area contributed by atoms with Crippen LogP contribution in [0.2, 0.25) is 0 Å². The zero-order chi connectivity index (χ0) is 22.0. The van der Waals surface area contributed by atoms with Crippen LogP contribution in [-0.2, 0) is 4.79 Å². The molecule has 5 aliphatic rings. The number of nitrogens with zero attached hydrogens (tertiary/aromatic N) is 2. The topological polar surface area (TPSA) is 49.9 Å². The molecule has 0 N–H and O–H groups in total. The molecule has 5 fully saturated rings. The Morgan fingerprint density at radius 1 is 0.935 bits per heavy atom. The van der Waals surface area contributed by atoms with Gasteiger partial charge in [0.15, 0.2) is 0 Å². The average Bonchev–Trinajstić information content (AvgIpc) is 2.70. The molecule has 1 aliphatic heterocycles. The molecular formula is C26H36N2O3. The van der Waals surface area contributed by atoms with Crippen molar-refractivity contribution in [1.29, 1.82) is 0 Å². The molecule has 2 unspecified atom stereocenters. The second-order valence-corrected chi connectivity index (χ2v) is 11.7. The molecule has 1 heterocycles. The van der Waals surface area contributed by atoms with E-state index in [9.17, 15) is 9.59 Å². The Morgan fingerprint density at radius 2 is 1.55 bits per heavy atom. The normalized spacial score (nSPS) is 36.6. The first-order valence-corrected chi connectivity index (χ1v) is 11.9. The van der Waals surface area contributed by atoms with E-state index in [0.29, 0.717) is 48.5 Å². The minimum atomic E-state index is -0.153. The first-order valence-electron chi connectivity index (χ1n) is 11.9. The molecule has 4 saturated carbocycles. The van der Waals surface area contributed by atoms with Gasteiger partial charge in [0.2, 0.25) is 5.91 Å². The van der Waals surface area contributed by atoms with Crippen LogP contribution < -0.4 is 4.74 Å². The molecule has 1 aromatic rings. The number of hydrogen-bond donors (Lipinski definition) is 0. The van der Waals surface area contributed by atoms with Crippen LogP contribution in [0.1, 0.15) is 68.3 Å². The highest BCUT2D eigenvalue weighted by atomic mass is 16.5. The molecule has 2 atom stereocenters. The van der Waals surface area contributed by atoms with E-state index in [4.69, 9.17) is 4.74 Å². The third-order valence-electron chi connectivity index (χ3n) is 8.59. The van der Waals surface area contributed by atoms with Crippen molar-refractivity contribution in [3.63, 3.8) is 0 Å². The number of rotatable bonds is 3. The molecule has 2 amide bonds. The van der Waals surface area contributed by atoms with Crippen LogP contribution in [0.3, 0.4) is 0 Å². The molecule has 4 bridgehead atoms. The van der Waals surface area contributed by atoms with Crippen LogP contribution in [0.4, 0.5) is 0 Å². The van der Waals surface area contributed by atoms with E-state index in [-0.39, 0.29) is 11.3 Å². The molecule has 0 spiro atoms. The van der Waals surface area contributed by atoms with Gasteiger partial charge < -0.3 is 14.5 Å². The lowest BCUT2D eigenvalue weighted by Crippen LogP contribution is -2.62. The zero-order valence-corrected chi connectivity index (χ0v) is 19.5. The Kier molecular flexibility index (Phi) is 4.69.